The number of aromatic nitrogens is 3. The molecule has 0 aromatic carbocycles. The zero-order chi connectivity index (χ0) is 18.1. The summed E-state index contributed by atoms with van der Waals surface area (Å²) in [6, 6.07) is 5.16. The van der Waals surface area contributed by atoms with Crippen LogP contribution in [0.5, 0.6) is 0 Å². The predicted octanol–water partition coefficient (Wildman–Crippen LogP) is 1.81. The Labute approximate surface area is 146 Å². The van der Waals surface area contributed by atoms with E-state index in [9.17, 15) is 9.59 Å². The summed E-state index contributed by atoms with van der Waals surface area (Å²) in [5.41, 5.74) is 1.58. The highest BCUT2D eigenvalue weighted by atomic mass is 16.2. The molecule has 2 aromatic heterocycles. The largest absolute Gasteiger partial charge is 0.373 e. The van der Waals surface area contributed by atoms with Crippen LogP contribution in [0, 0.1) is 13.8 Å². The van der Waals surface area contributed by atoms with Crippen LogP contribution in [0.2, 0.25) is 0 Å². The summed E-state index contributed by atoms with van der Waals surface area (Å²) in [6.45, 7) is 4.30. The molecule has 25 heavy (non-hydrogen) atoms. The van der Waals surface area contributed by atoms with Crippen LogP contribution in [0.4, 0.5) is 5.82 Å². The Balaban J connectivity index is 1.97. The molecule has 0 saturated carbocycles. The molecule has 1 aliphatic heterocycles. The molecular formula is C18H23N5O2. The van der Waals surface area contributed by atoms with Gasteiger partial charge in [-0.2, -0.15) is 0 Å². The van der Waals surface area contributed by atoms with Gasteiger partial charge in [0.15, 0.2) is 0 Å². The van der Waals surface area contributed by atoms with E-state index in [2.05, 4.69) is 15.3 Å². The maximum atomic E-state index is 13.0. The van der Waals surface area contributed by atoms with E-state index >= 15 is 0 Å². The number of amides is 1. The van der Waals surface area contributed by atoms with Gasteiger partial charge in [-0.15, -0.1) is 0 Å². The standard InChI is InChI=1S/C18H23N5O2/c1-11-7-8-13(17(24)22(11)4)18(25)23-9-5-6-15(23)14-10-16(19-3)21-12(2)20-14/h7-8,10,15H,5-6,9H2,1-4H3,(H,19,20,21)/t15-/m0/s1. The topological polar surface area (TPSA) is 80.1 Å². The highest BCUT2D eigenvalue weighted by molar-refractivity contribution is 5.94. The predicted molar refractivity (Wildman–Crippen MR) is 95.7 cm³/mol. The smallest absolute Gasteiger partial charge is 0.263 e. The Bertz CT molecular complexity index is 874. The van der Waals surface area contributed by atoms with Gasteiger partial charge in [0.1, 0.15) is 17.2 Å². The average molecular weight is 341 g/mol. The molecule has 0 bridgehead atoms. The fourth-order valence-corrected chi connectivity index (χ4v) is 3.25. The molecular weight excluding hydrogens is 318 g/mol. The fourth-order valence-electron chi connectivity index (χ4n) is 3.25. The summed E-state index contributed by atoms with van der Waals surface area (Å²) in [5, 5.41) is 3.02. The third-order valence-corrected chi connectivity index (χ3v) is 4.75. The molecule has 3 rings (SSSR count). The summed E-state index contributed by atoms with van der Waals surface area (Å²) in [7, 11) is 3.49. The van der Waals surface area contributed by atoms with Gasteiger partial charge in [-0.05, 0) is 38.8 Å². The molecule has 7 heteroatoms. The second-order valence-corrected chi connectivity index (χ2v) is 6.38. The number of nitrogens with one attached hydrogen (secondary N) is 1. The monoisotopic (exact) mass is 341 g/mol. The van der Waals surface area contributed by atoms with E-state index in [1.807, 2.05) is 19.9 Å². The van der Waals surface area contributed by atoms with Gasteiger partial charge >= 0.3 is 0 Å². The van der Waals surface area contributed by atoms with Gasteiger partial charge in [-0.1, -0.05) is 0 Å². The van der Waals surface area contributed by atoms with Crippen molar-refractivity contribution in [1.82, 2.24) is 19.4 Å². The lowest BCUT2D eigenvalue weighted by Gasteiger charge is -2.25. The van der Waals surface area contributed by atoms with Crippen LogP contribution in [0.25, 0.3) is 0 Å². The maximum Gasteiger partial charge on any atom is 0.263 e. The Kier molecular flexibility index (Phi) is 4.57. The number of hydrogen-bond acceptors (Lipinski definition) is 5. The zero-order valence-electron chi connectivity index (χ0n) is 15.0. The fraction of sp³-hybridized carbons (Fsp3) is 0.444. The normalized spacial score (nSPS) is 17.0. The number of carbonyl (C=O) groups excluding carboxylic acids is 1. The number of nitrogens with zero attached hydrogens (tertiary/aromatic N) is 4. The maximum absolute atomic E-state index is 13.0. The van der Waals surface area contributed by atoms with Crippen LogP contribution >= 0.6 is 0 Å². The molecule has 0 unspecified atom stereocenters. The molecule has 0 spiro atoms. The van der Waals surface area contributed by atoms with Gasteiger partial charge in [0.05, 0.1) is 11.7 Å². The Morgan fingerprint density at radius 3 is 2.76 bits per heavy atom. The van der Waals surface area contributed by atoms with Crippen molar-refractivity contribution in [3.63, 3.8) is 0 Å². The first-order valence-corrected chi connectivity index (χ1v) is 8.43. The number of pyridine rings is 1. The van der Waals surface area contributed by atoms with Crippen molar-refractivity contribution in [3.05, 3.63) is 51.3 Å². The first-order chi connectivity index (χ1) is 11.9. The number of carbonyl (C=O) groups is 1. The summed E-state index contributed by atoms with van der Waals surface area (Å²) in [6.07, 6.45) is 1.72. The van der Waals surface area contributed by atoms with E-state index in [0.717, 1.165) is 30.0 Å². The SMILES string of the molecule is CNc1cc([C@@H]2CCCN2C(=O)c2ccc(C)n(C)c2=O)nc(C)n1. The third kappa shape index (κ3) is 3.14. The summed E-state index contributed by atoms with van der Waals surface area (Å²) in [4.78, 5) is 36.1. The number of aryl methyl sites for hydroxylation is 2. The van der Waals surface area contributed by atoms with Crippen molar-refractivity contribution < 1.29 is 4.79 Å². The van der Waals surface area contributed by atoms with Crippen LogP contribution in [-0.2, 0) is 7.05 Å². The molecule has 132 valence electrons. The molecule has 7 nitrogen and oxygen atoms in total. The Morgan fingerprint density at radius 2 is 2.04 bits per heavy atom. The van der Waals surface area contributed by atoms with Crippen LogP contribution in [-0.4, -0.2) is 38.9 Å². The number of hydrogen-bond donors (Lipinski definition) is 1. The van der Waals surface area contributed by atoms with Crippen LogP contribution in [0.1, 0.15) is 46.5 Å². The first-order valence-electron chi connectivity index (χ1n) is 8.43. The van der Waals surface area contributed by atoms with Gasteiger partial charge in [0.2, 0.25) is 0 Å². The van der Waals surface area contributed by atoms with Crippen LogP contribution in [0.3, 0.4) is 0 Å². The van der Waals surface area contributed by atoms with Crippen molar-refractivity contribution in [2.75, 3.05) is 18.9 Å². The first kappa shape index (κ1) is 17.1. The zero-order valence-corrected chi connectivity index (χ0v) is 15.0. The summed E-state index contributed by atoms with van der Waals surface area (Å²) >= 11 is 0. The van der Waals surface area contributed by atoms with Gasteiger partial charge in [-0.25, -0.2) is 9.97 Å². The van der Waals surface area contributed by atoms with Gasteiger partial charge < -0.3 is 14.8 Å². The van der Waals surface area contributed by atoms with E-state index in [0.29, 0.717) is 12.4 Å². The molecule has 1 N–H and O–H groups in total. The van der Waals surface area contributed by atoms with Gasteiger partial charge in [0.25, 0.3) is 11.5 Å². The van der Waals surface area contributed by atoms with Crippen molar-refractivity contribution in [2.45, 2.75) is 32.7 Å². The van der Waals surface area contributed by atoms with Gasteiger partial charge in [0, 0.05) is 32.4 Å². The minimum Gasteiger partial charge on any atom is -0.373 e. The quantitative estimate of drug-likeness (QED) is 0.921. The van der Waals surface area contributed by atoms with Crippen molar-refractivity contribution in [2.24, 2.45) is 7.05 Å². The molecule has 1 fully saturated rings. The lowest BCUT2D eigenvalue weighted by atomic mass is 10.1. The molecule has 0 radical (unpaired) electrons. The van der Waals surface area contributed by atoms with E-state index in [1.54, 1.807) is 31.1 Å². The van der Waals surface area contributed by atoms with E-state index in [-0.39, 0.29) is 23.1 Å². The molecule has 3 heterocycles. The molecule has 0 aliphatic carbocycles. The van der Waals surface area contributed by atoms with E-state index < -0.39 is 0 Å². The lowest BCUT2D eigenvalue weighted by molar-refractivity contribution is 0.0730. The lowest BCUT2D eigenvalue weighted by Crippen LogP contribution is -2.36. The second kappa shape index (κ2) is 6.66. The number of rotatable bonds is 3. The minimum atomic E-state index is -0.259. The van der Waals surface area contributed by atoms with Crippen molar-refractivity contribution >= 4 is 11.7 Å². The van der Waals surface area contributed by atoms with Gasteiger partial charge in [-0.3, -0.25) is 9.59 Å². The van der Waals surface area contributed by atoms with E-state index in [1.165, 1.54) is 4.57 Å². The Hall–Kier alpha value is -2.70. The summed E-state index contributed by atoms with van der Waals surface area (Å²) in [5.74, 6) is 1.16. The number of anilines is 1. The van der Waals surface area contributed by atoms with Crippen molar-refractivity contribution in [1.29, 1.82) is 0 Å². The molecule has 2 aromatic rings. The number of likely N-dealkylation sites (tertiary alicyclic amines) is 1. The highest BCUT2D eigenvalue weighted by Gasteiger charge is 2.33. The molecule has 1 atom stereocenters. The summed E-state index contributed by atoms with van der Waals surface area (Å²) < 4.78 is 1.51. The highest BCUT2D eigenvalue weighted by Crippen LogP contribution is 2.32. The second-order valence-electron chi connectivity index (χ2n) is 6.38. The minimum absolute atomic E-state index is 0.132. The van der Waals surface area contributed by atoms with Crippen LogP contribution < -0.4 is 10.9 Å². The van der Waals surface area contributed by atoms with E-state index in [4.69, 9.17) is 0 Å². The average Bonchev–Trinajstić information content (AvgIpc) is 3.08. The van der Waals surface area contributed by atoms with Crippen molar-refractivity contribution in [3.8, 4) is 0 Å². The van der Waals surface area contributed by atoms with Crippen LogP contribution in [0.15, 0.2) is 23.0 Å². The molecule has 1 saturated heterocycles. The molecule has 1 aliphatic rings. The Morgan fingerprint density at radius 1 is 1.28 bits per heavy atom. The third-order valence-electron chi connectivity index (χ3n) is 4.75. The molecule has 1 amide bonds.